The normalized spacial score (nSPS) is 41.8. The lowest BCUT2D eigenvalue weighted by atomic mass is 9.78. The molecule has 1 saturated carbocycles. The van der Waals surface area contributed by atoms with Crippen LogP contribution in [0.3, 0.4) is 0 Å². The first-order valence-corrected chi connectivity index (χ1v) is 6.78. The third-order valence-electron chi connectivity index (χ3n) is 4.68. The van der Waals surface area contributed by atoms with Crippen LogP contribution in [0.4, 0.5) is 0 Å². The first-order valence-electron chi connectivity index (χ1n) is 6.78. The van der Waals surface area contributed by atoms with Gasteiger partial charge in [0.2, 0.25) is 0 Å². The Hall–Kier alpha value is -0.0800. The van der Waals surface area contributed by atoms with E-state index < -0.39 is 0 Å². The van der Waals surface area contributed by atoms with Crippen molar-refractivity contribution in [2.24, 2.45) is 17.7 Å². The van der Waals surface area contributed by atoms with E-state index >= 15 is 0 Å². The molecule has 4 atom stereocenters. The van der Waals surface area contributed by atoms with Gasteiger partial charge >= 0.3 is 0 Å². The highest BCUT2D eigenvalue weighted by Gasteiger charge is 2.45. The van der Waals surface area contributed by atoms with E-state index in [9.17, 15) is 0 Å². The number of rotatable bonds is 3. The predicted molar refractivity (Wildman–Crippen MR) is 64.2 cm³/mol. The van der Waals surface area contributed by atoms with Gasteiger partial charge < -0.3 is 0 Å². The van der Waals surface area contributed by atoms with Crippen LogP contribution in [-0.2, 0) is 0 Å². The number of nitrogens with zero attached hydrogens (tertiary/aromatic N) is 1. The molecule has 1 aliphatic carbocycles. The van der Waals surface area contributed by atoms with Gasteiger partial charge in [0.25, 0.3) is 0 Å². The Balaban J connectivity index is 2.00. The highest BCUT2D eigenvalue weighted by molar-refractivity contribution is 4.97. The van der Waals surface area contributed by atoms with Crippen LogP contribution in [0.5, 0.6) is 0 Å². The van der Waals surface area contributed by atoms with Gasteiger partial charge in [0.1, 0.15) is 0 Å². The molecule has 1 saturated heterocycles. The Morgan fingerprint density at radius 3 is 2.67 bits per heavy atom. The van der Waals surface area contributed by atoms with Gasteiger partial charge in [-0.05, 0) is 31.1 Å². The zero-order valence-corrected chi connectivity index (χ0v) is 10.3. The summed E-state index contributed by atoms with van der Waals surface area (Å²) in [5.74, 6) is 8.02. The maximum absolute atomic E-state index is 6.30. The smallest absolute Gasteiger partial charge is 0.0275 e. The maximum Gasteiger partial charge on any atom is 0.0275 e. The summed E-state index contributed by atoms with van der Waals surface area (Å²) in [7, 11) is 0. The van der Waals surface area contributed by atoms with E-state index in [4.69, 9.17) is 5.84 Å². The van der Waals surface area contributed by atoms with E-state index in [1.807, 2.05) is 0 Å². The van der Waals surface area contributed by atoms with Crippen LogP contribution in [0, 0.1) is 11.8 Å². The first-order chi connectivity index (χ1) is 7.25. The van der Waals surface area contributed by atoms with Gasteiger partial charge in [0.05, 0.1) is 0 Å². The van der Waals surface area contributed by atoms with Gasteiger partial charge in [-0.3, -0.25) is 5.84 Å². The Kier molecular flexibility index (Phi) is 3.68. The molecular formula is C13H26N2. The molecule has 4 unspecified atom stereocenters. The Morgan fingerprint density at radius 2 is 2.00 bits per heavy atom. The van der Waals surface area contributed by atoms with Crippen molar-refractivity contribution in [3.8, 4) is 0 Å². The summed E-state index contributed by atoms with van der Waals surface area (Å²) in [5.41, 5.74) is 0. The van der Waals surface area contributed by atoms with Crippen molar-refractivity contribution in [1.29, 1.82) is 0 Å². The number of hydrogen-bond donors (Lipinski definition) is 1. The van der Waals surface area contributed by atoms with Crippen molar-refractivity contribution in [1.82, 2.24) is 5.01 Å². The zero-order valence-electron chi connectivity index (χ0n) is 10.3. The summed E-state index contributed by atoms with van der Waals surface area (Å²) < 4.78 is 0. The highest BCUT2D eigenvalue weighted by atomic mass is 15.5. The lowest BCUT2D eigenvalue weighted by Crippen LogP contribution is -2.44. The maximum atomic E-state index is 6.30. The molecule has 0 aromatic carbocycles. The predicted octanol–water partition coefficient (Wildman–Crippen LogP) is 2.93. The fraction of sp³-hybridized carbons (Fsp3) is 1.00. The monoisotopic (exact) mass is 210 g/mol. The molecule has 15 heavy (non-hydrogen) atoms. The van der Waals surface area contributed by atoms with Crippen LogP contribution >= 0.6 is 0 Å². The average Bonchev–Trinajstić information content (AvgIpc) is 2.51. The van der Waals surface area contributed by atoms with E-state index in [0.717, 1.165) is 11.8 Å². The van der Waals surface area contributed by atoms with Gasteiger partial charge in [0.15, 0.2) is 0 Å². The summed E-state index contributed by atoms with van der Waals surface area (Å²) in [6.07, 6.45) is 9.52. The zero-order chi connectivity index (χ0) is 10.8. The molecule has 2 N–H and O–H groups in total. The van der Waals surface area contributed by atoms with Gasteiger partial charge in [-0.1, -0.05) is 39.5 Å². The minimum Gasteiger partial charge on any atom is -0.268 e. The summed E-state index contributed by atoms with van der Waals surface area (Å²) in [5, 5.41) is 2.23. The molecule has 0 spiro atoms. The van der Waals surface area contributed by atoms with Gasteiger partial charge in [-0.25, -0.2) is 5.01 Å². The molecule has 1 heterocycles. The molecule has 1 aliphatic heterocycles. The molecular weight excluding hydrogens is 184 g/mol. The van der Waals surface area contributed by atoms with E-state index in [1.54, 1.807) is 0 Å². The molecule has 2 aliphatic rings. The molecule has 2 rings (SSSR count). The second-order valence-corrected chi connectivity index (χ2v) is 5.53. The Bertz CT molecular complexity index is 187. The number of hydrogen-bond acceptors (Lipinski definition) is 2. The van der Waals surface area contributed by atoms with Crippen molar-refractivity contribution in [2.45, 2.75) is 70.9 Å². The van der Waals surface area contributed by atoms with Crippen molar-refractivity contribution in [3.05, 3.63) is 0 Å². The number of fused-ring (bicyclic) bond motifs is 1. The average molecular weight is 210 g/mol. The minimum absolute atomic E-state index is 0.665. The number of unbranched alkanes of at least 4 members (excludes halogenated alkanes) is 1. The number of nitrogens with two attached hydrogens (primary N) is 1. The molecule has 88 valence electrons. The molecule has 0 radical (unpaired) electrons. The van der Waals surface area contributed by atoms with Crippen LogP contribution in [0.2, 0.25) is 0 Å². The summed E-state index contributed by atoms with van der Waals surface area (Å²) in [6, 6.07) is 1.37. The molecule has 0 amide bonds. The highest BCUT2D eigenvalue weighted by Crippen LogP contribution is 2.43. The lowest BCUT2D eigenvalue weighted by Gasteiger charge is -2.30. The van der Waals surface area contributed by atoms with Gasteiger partial charge in [-0.15, -0.1) is 0 Å². The summed E-state index contributed by atoms with van der Waals surface area (Å²) >= 11 is 0. The molecule has 2 fully saturated rings. The largest absolute Gasteiger partial charge is 0.268 e. The third-order valence-corrected chi connectivity index (χ3v) is 4.68. The van der Waals surface area contributed by atoms with Crippen LogP contribution in [0.25, 0.3) is 0 Å². The minimum atomic E-state index is 0.665. The van der Waals surface area contributed by atoms with Crippen molar-refractivity contribution >= 4 is 0 Å². The second-order valence-electron chi connectivity index (χ2n) is 5.53. The van der Waals surface area contributed by atoms with Gasteiger partial charge in [-0.2, -0.15) is 0 Å². The topological polar surface area (TPSA) is 29.3 Å². The van der Waals surface area contributed by atoms with Crippen molar-refractivity contribution in [3.63, 3.8) is 0 Å². The summed E-state index contributed by atoms with van der Waals surface area (Å²) in [6.45, 7) is 4.70. The van der Waals surface area contributed by atoms with E-state index in [1.165, 1.54) is 44.9 Å². The molecule has 2 heteroatoms. The molecule has 0 aromatic rings. The fourth-order valence-electron chi connectivity index (χ4n) is 3.75. The third kappa shape index (κ3) is 2.07. The quantitative estimate of drug-likeness (QED) is 0.726. The van der Waals surface area contributed by atoms with Crippen molar-refractivity contribution in [2.75, 3.05) is 0 Å². The fourth-order valence-corrected chi connectivity index (χ4v) is 3.75. The summed E-state index contributed by atoms with van der Waals surface area (Å²) in [4.78, 5) is 0. The van der Waals surface area contributed by atoms with E-state index in [0.29, 0.717) is 12.1 Å². The van der Waals surface area contributed by atoms with Crippen LogP contribution in [0.15, 0.2) is 0 Å². The number of hydrazine groups is 1. The standard InChI is InChI=1S/C13H26N2/c1-3-4-8-12-10(2)11-7-5-6-9-13(11)15(12)14/h10-13H,3-9,14H2,1-2H3. The Labute approximate surface area is 94.2 Å². The molecule has 2 nitrogen and oxygen atoms in total. The van der Waals surface area contributed by atoms with Crippen LogP contribution in [-0.4, -0.2) is 17.1 Å². The van der Waals surface area contributed by atoms with Crippen LogP contribution < -0.4 is 5.84 Å². The molecule has 0 aromatic heterocycles. The lowest BCUT2D eigenvalue weighted by molar-refractivity contribution is 0.147. The van der Waals surface area contributed by atoms with E-state index in [2.05, 4.69) is 18.9 Å². The Morgan fingerprint density at radius 1 is 1.27 bits per heavy atom. The SMILES string of the molecule is CCCCC1C(C)C2CCCCC2N1N. The first kappa shape index (κ1) is 11.4. The van der Waals surface area contributed by atoms with Crippen molar-refractivity contribution < 1.29 is 0 Å². The van der Waals surface area contributed by atoms with Gasteiger partial charge in [0, 0.05) is 12.1 Å². The second kappa shape index (κ2) is 4.84. The van der Waals surface area contributed by atoms with Crippen LogP contribution in [0.1, 0.15) is 58.8 Å². The van der Waals surface area contributed by atoms with E-state index in [-0.39, 0.29) is 0 Å². The molecule has 0 bridgehead atoms.